The highest BCUT2D eigenvalue weighted by atomic mass is 32.2. The number of pyridine rings is 1. The summed E-state index contributed by atoms with van der Waals surface area (Å²) in [6.07, 6.45) is 2.96. The smallest absolute Gasteiger partial charge is 0.245 e. The summed E-state index contributed by atoms with van der Waals surface area (Å²) in [5.41, 5.74) is 2.25. The van der Waals surface area contributed by atoms with Gasteiger partial charge in [0.1, 0.15) is 10.7 Å². The quantitative estimate of drug-likeness (QED) is 0.548. The molecule has 0 radical (unpaired) electrons. The summed E-state index contributed by atoms with van der Waals surface area (Å²) in [5, 5.41) is 0. The SMILES string of the molecule is Cc1cnc(C(C)NS(=O)(=O)c2cccnc2NN)o1. The van der Waals surface area contributed by atoms with Gasteiger partial charge in [-0.15, -0.1) is 0 Å². The fourth-order valence-electron chi connectivity index (χ4n) is 1.63. The summed E-state index contributed by atoms with van der Waals surface area (Å²) >= 11 is 0. The van der Waals surface area contributed by atoms with Crippen molar-refractivity contribution in [2.75, 3.05) is 5.43 Å². The van der Waals surface area contributed by atoms with E-state index in [1.807, 2.05) is 0 Å². The zero-order valence-corrected chi connectivity index (χ0v) is 11.8. The lowest BCUT2D eigenvalue weighted by atomic mass is 10.4. The molecule has 0 spiro atoms. The standard InChI is InChI=1S/C11H15N5O3S/c1-7-6-14-11(19-7)8(2)16-20(17,18)9-4-3-5-13-10(9)15-12/h3-6,8,16H,12H2,1-2H3,(H,13,15). The third-order valence-corrected chi connectivity index (χ3v) is 4.11. The molecule has 4 N–H and O–H groups in total. The lowest BCUT2D eigenvalue weighted by Crippen LogP contribution is -2.28. The van der Waals surface area contributed by atoms with Crippen LogP contribution in [0.5, 0.6) is 0 Å². The van der Waals surface area contributed by atoms with Crippen LogP contribution in [-0.4, -0.2) is 18.4 Å². The van der Waals surface area contributed by atoms with Crippen LogP contribution in [-0.2, 0) is 10.0 Å². The van der Waals surface area contributed by atoms with Crippen molar-refractivity contribution in [1.29, 1.82) is 0 Å². The first-order valence-corrected chi connectivity index (χ1v) is 7.28. The van der Waals surface area contributed by atoms with Crippen molar-refractivity contribution in [3.05, 3.63) is 36.2 Å². The molecule has 2 heterocycles. The Morgan fingerprint density at radius 2 is 2.15 bits per heavy atom. The molecule has 0 aliphatic heterocycles. The predicted octanol–water partition coefficient (Wildman–Crippen LogP) is 0.703. The van der Waals surface area contributed by atoms with Gasteiger partial charge in [-0.2, -0.15) is 4.72 Å². The highest BCUT2D eigenvalue weighted by molar-refractivity contribution is 7.89. The van der Waals surface area contributed by atoms with Gasteiger partial charge >= 0.3 is 0 Å². The summed E-state index contributed by atoms with van der Waals surface area (Å²) in [6, 6.07) is 2.30. The molecule has 0 aromatic carbocycles. The van der Waals surface area contributed by atoms with Gasteiger partial charge in [-0.1, -0.05) is 0 Å². The molecule has 2 aromatic rings. The number of oxazole rings is 1. The molecular formula is C11H15N5O3S. The van der Waals surface area contributed by atoms with Gasteiger partial charge in [0.2, 0.25) is 15.9 Å². The number of hydrogen-bond donors (Lipinski definition) is 3. The maximum absolute atomic E-state index is 12.3. The van der Waals surface area contributed by atoms with E-state index in [9.17, 15) is 8.42 Å². The van der Waals surface area contributed by atoms with Crippen LogP contribution in [0.1, 0.15) is 24.6 Å². The van der Waals surface area contributed by atoms with E-state index in [2.05, 4.69) is 20.1 Å². The minimum absolute atomic E-state index is 0.0439. The molecule has 0 fully saturated rings. The van der Waals surface area contributed by atoms with E-state index in [1.54, 1.807) is 13.8 Å². The second-order valence-electron chi connectivity index (χ2n) is 4.15. The van der Waals surface area contributed by atoms with Crippen molar-refractivity contribution in [2.45, 2.75) is 24.8 Å². The fraction of sp³-hybridized carbons (Fsp3) is 0.273. The molecule has 0 aliphatic carbocycles. The number of nitrogens with two attached hydrogens (primary N) is 1. The number of nitrogen functional groups attached to an aromatic ring is 1. The van der Waals surface area contributed by atoms with Crippen molar-refractivity contribution >= 4 is 15.8 Å². The number of hydrazine groups is 1. The first-order valence-electron chi connectivity index (χ1n) is 5.80. The highest BCUT2D eigenvalue weighted by Gasteiger charge is 2.24. The minimum Gasteiger partial charge on any atom is -0.444 e. The summed E-state index contributed by atoms with van der Waals surface area (Å²) in [4.78, 5) is 7.80. The lowest BCUT2D eigenvalue weighted by Gasteiger charge is -2.13. The summed E-state index contributed by atoms with van der Waals surface area (Å²) < 4.78 is 32.3. The molecule has 0 bridgehead atoms. The summed E-state index contributed by atoms with van der Waals surface area (Å²) in [5.74, 6) is 6.22. The molecule has 2 aromatic heterocycles. The molecule has 8 nitrogen and oxygen atoms in total. The van der Waals surface area contributed by atoms with E-state index in [4.69, 9.17) is 10.3 Å². The molecule has 9 heteroatoms. The van der Waals surface area contributed by atoms with Crippen molar-refractivity contribution in [2.24, 2.45) is 5.84 Å². The zero-order chi connectivity index (χ0) is 14.8. The predicted molar refractivity (Wildman–Crippen MR) is 72.0 cm³/mol. The average molecular weight is 297 g/mol. The van der Waals surface area contributed by atoms with Gasteiger partial charge in [-0.25, -0.2) is 24.2 Å². The molecular weight excluding hydrogens is 282 g/mol. The monoisotopic (exact) mass is 297 g/mol. The fourth-order valence-corrected chi connectivity index (χ4v) is 2.95. The largest absolute Gasteiger partial charge is 0.444 e. The first-order chi connectivity index (χ1) is 9.44. The Labute approximate surface area is 116 Å². The van der Waals surface area contributed by atoms with Gasteiger partial charge in [0.15, 0.2) is 5.82 Å². The second-order valence-corrected chi connectivity index (χ2v) is 5.83. The number of anilines is 1. The summed E-state index contributed by atoms with van der Waals surface area (Å²) in [7, 11) is -3.80. The van der Waals surface area contributed by atoms with Crippen molar-refractivity contribution < 1.29 is 12.8 Å². The number of sulfonamides is 1. The molecule has 2 rings (SSSR count). The Morgan fingerprint density at radius 1 is 1.40 bits per heavy atom. The van der Waals surface area contributed by atoms with Crippen LogP contribution in [0, 0.1) is 6.92 Å². The van der Waals surface area contributed by atoms with Crippen LogP contribution in [0.15, 0.2) is 33.8 Å². The second kappa shape index (κ2) is 5.57. The lowest BCUT2D eigenvalue weighted by molar-refractivity contribution is 0.428. The Morgan fingerprint density at radius 3 is 2.75 bits per heavy atom. The van der Waals surface area contributed by atoms with Crippen molar-refractivity contribution in [3.8, 4) is 0 Å². The van der Waals surface area contributed by atoms with Gasteiger partial charge in [-0.3, -0.25) is 0 Å². The number of aromatic nitrogens is 2. The van der Waals surface area contributed by atoms with Crippen LogP contribution in [0.3, 0.4) is 0 Å². The maximum Gasteiger partial charge on any atom is 0.245 e. The topological polar surface area (TPSA) is 123 Å². The highest BCUT2D eigenvalue weighted by Crippen LogP contribution is 2.20. The molecule has 20 heavy (non-hydrogen) atoms. The Balaban J connectivity index is 2.27. The maximum atomic E-state index is 12.3. The Bertz CT molecular complexity index is 698. The van der Waals surface area contributed by atoms with Gasteiger partial charge in [0.05, 0.1) is 12.2 Å². The van der Waals surface area contributed by atoms with E-state index in [0.717, 1.165) is 0 Å². The van der Waals surface area contributed by atoms with Gasteiger partial charge in [0, 0.05) is 6.20 Å². The van der Waals surface area contributed by atoms with Crippen LogP contribution in [0.4, 0.5) is 5.82 Å². The number of nitrogens with zero attached hydrogens (tertiary/aromatic N) is 2. The van der Waals surface area contributed by atoms with Crippen LogP contribution in [0.2, 0.25) is 0 Å². The number of hydrogen-bond acceptors (Lipinski definition) is 7. The van der Waals surface area contributed by atoms with E-state index in [0.29, 0.717) is 5.76 Å². The normalized spacial score (nSPS) is 13.2. The van der Waals surface area contributed by atoms with Crippen LogP contribution in [0.25, 0.3) is 0 Å². The Hall–Kier alpha value is -1.97. The van der Waals surface area contributed by atoms with E-state index < -0.39 is 16.1 Å². The van der Waals surface area contributed by atoms with E-state index >= 15 is 0 Å². The van der Waals surface area contributed by atoms with Gasteiger partial charge < -0.3 is 9.84 Å². The molecule has 0 saturated heterocycles. The average Bonchev–Trinajstić information content (AvgIpc) is 2.85. The number of nitrogens with one attached hydrogen (secondary N) is 2. The van der Waals surface area contributed by atoms with Crippen molar-refractivity contribution in [1.82, 2.24) is 14.7 Å². The molecule has 0 amide bonds. The molecule has 0 aliphatic rings. The van der Waals surface area contributed by atoms with Crippen LogP contribution >= 0.6 is 0 Å². The number of aryl methyl sites for hydroxylation is 1. The Kier molecular flexibility index (Phi) is 4.02. The zero-order valence-electron chi connectivity index (χ0n) is 11.0. The van der Waals surface area contributed by atoms with Gasteiger partial charge in [-0.05, 0) is 26.0 Å². The van der Waals surface area contributed by atoms with Crippen LogP contribution < -0.4 is 16.0 Å². The molecule has 0 saturated carbocycles. The summed E-state index contributed by atoms with van der Waals surface area (Å²) in [6.45, 7) is 3.37. The molecule has 1 atom stereocenters. The third-order valence-electron chi connectivity index (χ3n) is 2.54. The molecule has 1 unspecified atom stereocenters. The minimum atomic E-state index is -3.80. The number of rotatable bonds is 5. The van der Waals surface area contributed by atoms with E-state index in [-0.39, 0.29) is 16.6 Å². The molecule has 108 valence electrons. The van der Waals surface area contributed by atoms with Gasteiger partial charge in [0.25, 0.3) is 0 Å². The third kappa shape index (κ3) is 2.95. The first kappa shape index (κ1) is 14.4. The van der Waals surface area contributed by atoms with Crippen molar-refractivity contribution in [3.63, 3.8) is 0 Å². The van der Waals surface area contributed by atoms with E-state index in [1.165, 1.54) is 24.5 Å².